The summed E-state index contributed by atoms with van der Waals surface area (Å²) in [4.78, 5) is 24.9. The van der Waals surface area contributed by atoms with Crippen molar-refractivity contribution in [3.63, 3.8) is 0 Å². The normalized spacial score (nSPS) is 35.1. The Hall–Kier alpha value is -1.26. The molecule has 102 valence electrons. The standard InChI is InChI=1S/C13H22N2O3/c1-3-9-7-10(9)14-12(18)15-6-4-5-13(2,8-15)11(16)17/h9-10H,3-8H2,1-2H3,(H,14,18)(H,16,17). The van der Waals surface area contributed by atoms with Crippen molar-refractivity contribution in [2.24, 2.45) is 11.3 Å². The third kappa shape index (κ3) is 2.60. The molecular weight excluding hydrogens is 232 g/mol. The molecule has 1 saturated carbocycles. The van der Waals surface area contributed by atoms with Crippen molar-refractivity contribution >= 4 is 12.0 Å². The fourth-order valence-corrected chi connectivity index (χ4v) is 2.71. The molecule has 5 heteroatoms. The molecule has 1 aliphatic carbocycles. The Morgan fingerprint density at radius 1 is 1.50 bits per heavy atom. The summed E-state index contributed by atoms with van der Waals surface area (Å²) in [7, 11) is 0. The lowest BCUT2D eigenvalue weighted by atomic mass is 9.82. The van der Waals surface area contributed by atoms with Gasteiger partial charge in [-0.1, -0.05) is 13.3 Å². The van der Waals surface area contributed by atoms with Crippen molar-refractivity contribution in [2.75, 3.05) is 13.1 Å². The van der Waals surface area contributed by atoms with Crippen molar-refractivity contribution in [2.45, 2.75) is 45.6 Å². The molecule has 2 amide bonds. The molecule has 2 fully saturated rings. The van der Waals surface area contributed by atoms with E-state index in [4.69, 9.17) is 0 Å². The molecule has 5 nitrogen and oxygen atoms in total. The van der Waals surface area contributed by atoms with E-state index < -0.39 is 11.4 Å². The average molecular weight is 254 g/mol. The maximum atomic E-state index is 12.0. The Labute approximate surface area is 108 Å². The van der Waals surface area contributed by atoms with E-state index in [1.54, 1.807) is 11.8 Å². The van der Waals surface area contributed by atoms with E-state index >= 15 is 0 Å². The lowest BCUT2D eigenvalue weighted by molar-refractivity contribution is -0.150. The summed E-state index contributed by atoms with van der Waals surface area (Å²) in [6.07, 6.45) is 3.56. The van der Waals surface area contributed by atoms with E-state index in [1.807, 2.05) is 0 Å². The third-order valence-electron chi connectivity index (χ3n) is 4.26. The Bertz CT molecular complexity index is 358. The fourth-order valence-electron chi connectivity index (χ4n) is 2.71. The van der Waals surface area contributed by atoms with Gasteiger partial charge in [-0.05, 0) is 32.1 Å². The lowest BCUT2D eigenvalue weighted by Gasteiger charge is -2.37. The van der Waals surface area contributed by atoms with Crippen LogP contribution < -0.4 is 5.32 Å². The van der Waals surface area contributed by atoms with Crippen LogP contribution in [0, 0.1) is 11.3 Å². The van der Waals surface area contributed by atoms with Gasteiger partial charge < -0.3 is 15.3 Å². The van der Waals surface area contributed by atoms with Crippen LogP contribution in [0.3, 0.4) is 0 Å². The zero-order valence-corrected chi connectivity index (χ0v) is 11.1. The number of aliphatic carboxylic acids is 1. The molecular formula is C13H22N2O3. The summed E-state index contributed by atoms with van der Waals surface area (Å²) < 4.78 is 0. The molecule has 0 aromatic carbocycles. The summed E-state index contributed by atoms with van der Waals surface area (Å²) >= 11 is 0. The number of carboxylic acids is 1. The number of carbonyl (C=O) groups is 2. The minimum absolute atomic E-state index is 0.0943. The molecule has 2 aliphatic rings. The smallest absolute Gasteiger partial charge is 0.317 e. The average Bonchev–Trinajstić information content (AvgIpc) is 3.07. The van der Waals surface area contributed by atoms with Crippen molar-refractivity contribution in [1.82, 2.24) is 10.2 Å². The first kappa shape index (κ1) is 13.2. The number of likely N-dealkylation sites (tertiary alicyclic amines) is 1. The number of urea groups is 1. The molecule has 0 spiro atoms. The fraction of sp³-hybridized carbons (Fsp3) is 0.846. The number of rotatable bonds is 3. The third-order valence-corrected chi connectivity index (χ3v) is 4.26. The second-order valence-corrected chi connectivity index (χ2v) is 5.85. The van der Waals surface area contributed by atoms with Gasteiger partial charge in [0.1, 0.15) is 0 Å². The topological polar surface area (TPSA) is 69.6 Å². The molecule has 0 radical (unpaired) electrons. The predicted octanol–water partition coefficient (Wildman–Crippen LogP) is 1.68. The van der Waals surface area contributed by atoms with Crippen LogP contribution >= 0.6 is 0 Å². The Balaban J connectivity index is 1.89. The van der Waals surface area contributed by atoms with E-state index in [-0.39, 0.29) is 6.03 Å². The first-order valence-electron chi connectivity index (χ1n) is 6.75. The number of hydrogen-bond acceptors (Lipinski definition) is 2. The maximum absolute atomic E-state index is 12.0. The number of amides is 2. The number of carboxylic acid groups (broad SMARTS) is 1. The molecule has 18 heavy (non-hydrogen) atoms. The molecule has 2 N–H and O–H groups in total. The van der Waals surface area contributed by atoms with Gasteiger partial charge in [0.2, 0.25) is 0 Å². The SMILES string of the molecule is CCC1CC1NC(=O)N1CCCC(C)(C(=O)O)C1. The highest BCUT2D eigenvalue weighted by atomic mass is 16.4. The minimum Gasteiger partial charge on any atom is -0.481 e. The maximum Gasteiger partial charge on any atom is 0.317 e. The quantitative estimate of drug-likeness (QED) is 0.805. The second-order valence-electron chi connectivity index (χ2n) is 5.85. The van der Waals surface area contributed by atoms with E-state index in [1.165, 1.54) is 0 Å². The largest absolute Gasteiger partial charge is 0.481 e. The summed E-state index contributed by atoms with van der Waals surface area (Å²) in [5.74, 6) is -0.192. The van der Waals surface area contributed by atoms with Gasteiger partial charge in [-0.25, -0.2) is 4.79 Å². The number of hydrogen-bond donors (Lipinski definition) is 2. The van der Waals surface area contributed by atoms with E-state index in [2.05, 4.69) is 12.2 Å². The molecule has 1 aliphatic heterocycles. The minimum atomic E-state index is -0.808. The number of nitrogens with zero attached hydrogens (tertiary/aromatic N) is 1. The van der Waals surface area contributed by atoms with Gasteiger partial charge in [-0.3, -0.25) is 4.79 Å². The number of nitrogens with one attached hydrogen (secondary N) is 1. The van der Waals surface area contributed by atoms with Crippen LogP contribution in [0.4, 0.5) is 4.79 Å². The zero-order valence-electron chi connectivity index (χ0n) is 11.1. The number of piperidine rings is 1. The van der Waals surface area contributed by atoms with Gasteiger partial charge in [0.05, 0.1) is 5.41 Å². The summed E-state index contributed by atoms with van der Waals surface area (Å²) in [5, 5.41) is 12.2. The summed E-state index contributed by atoms with van der Waals surface area (Å²) in [5.41, 5.74) is -0.788. The highest BCUT2D eigenvalue weighted by Crippen LogP contribution is 2.34. The first-order valence-corrected chi connectivity index (χ1v) is 6.75. The molecule has 1 heterocycles. The van der Waals surface area contributed by atoms with Crippen molar-refractivity contribution in [1.29, 1.82) is 0 Å². The van der Waals surface area contributed by atoms with E-state index in [0.717, 1.165) is 19.3 Å². The van der Waals surface area contributed by atoms with Crippen LogP contribution in [-0.4, -0.2) is 41.1 Å². The Morgan fingerprint density at radius 2 is 2.22 bits per heavy atom. The molecule has 3 atom stereocenters. The van der Waals surface area contributed by atoms with E-state index in [0.29, 0.717) is 31.5 Å². The predicted molar refractivity (Wildman–Crippen MR) is 67.3 cm³/mol. The van der Waals surface area contributed by atoms with Crippen molar-refractivity contribution in [3.05, 3.63) is 0 Å². The molecule has 3 unspecified atom stereocenters. The highest BCUT2D eigenvalue weighted by Gasteiger charge is 2.42. The zero-order chi connectivity index (χ0) is 13.3. The number of carbonyl (C=O) groups excluding carboxylic acids is 1. The van der Waals surface area contributed by atoms with Crippen molar-refractivity contribution < 1.29 is 14.7 Å². The van der Waals surface area contributed by atoms with Crippen LogP contribution in [0.1, 0.15) is 39.5 Å². The van der Waals surface area contributed by atoms with Gasteiger partial charge in [0.15, 0.2) is 0 Å². The van der Waals surface area contributed by atoms with Crippen molar-refractivity contribution in [3.8, 4) is 0 Å². The molecule has 1 saturated heterocycles. The molecule has 0 bridgehead atoms. The van der Waals surface area contributed by atoms with Gasteiger partial charge >= 0.3 is 12.0 Å². The molecule has 0 aromatic heterocycles. The summed E-state index contributed by atoms with van der Waals surface area (Å²) in [6, 6.07) is 0.212. The molecule has 0 aromatic rings. The van der Waals surface area contributed by atoms with Crippen LogP contribution in [0.5, 0.6) is 0 Å². The van der Waals surface area contributed by atoms with Crippen LogP contribution in [0.15, 0.2) is 0 Å². The van der Waals surface area contributed by atoms with Crippen LogP contribution in [0.2, 0.25) is 0 Å². The van der Waals surface area contributed by atoms with Crippen LogP contribution in [-0.2, 0) is 4.79 Å². The monoisotopic (exact) mass is 254 g/mol. The van der Waals surface area contributed by atoms with Gasteiger partial charge in [0, 0.05) is 19.1 Å². The van der Waals surface area contributed by atoms with Gasteiger partial charge in [-0.2, -0.15) is 0 Å². The highest BCUT2D eigenvalue weighted by molar-refractivity contribution is 5.78. The first-order chi connectivity index (χ1) is 8.46. The summed E-state index contributed by atoms with van der Waals surface area (Å²) in [6.45, 7) is 4.83. The van der Waals surface area contributed by atoms with E-state index in [9.17, 15) is 14.7 Å². The Kier molecular flexibility index (Phi) is 3.50. The Morgan fingerprint density at radius 3 is 2.78 bits per heavy atom. The van der Waals surface area contributed by atoms with Gasteiger partial charge in [0.25, 0.3) is 0 Å². The van der Waals surface area contributed by atoms with Crippen LogP contribution in [0.25, 0.3) is 0 Å². The second kappa shape index (κ2) is 4.78. The lowest BCUT2D eigenvalue weighted by Crippen LogP contribution is -2.52. The van der Waals surface area contributed by atoms with Gasteiger partial charge in [-0.15, -0.1) is 0 Å². The molecule has 2 rings (SSSR count).